The smallest absolute Gasteiger partial charge is 0.356 e. The highest BCUT2D eigenvalue weighted by atomic mass is 32.1. The van der Waals surface area contributed by atoms with Gasteiger partial charge < -0.3 is 10.6 Å². The molecule has 0 spiro atoms. The van der Waals surface area contributed by atoms with E-state index in [4.69, 9.17) is 0 Å². The lowest BCUT2D eigenvalue weighted by molar-refractivity contribution is -0.140. The van der Waals surface area contributed by atoms with E-state index < -0.39 is 11.9 Å². The maximum atomic E-state index is 12.5. The molecule has 0 aliphatic carbocycles. The summed E-state index contributed by atoms with van der Waals surface area (Å²) in [7, 11) is 1.62. The van der Waals surface area contributed by atoms with Crippen LogP contribution in [0.15, 0.2) is 34.6 Å². The van der Waals surface area contributed by atoms with Crippen LogP contribution >= 0.6 is 11.3 Å². The summed E-state index contributed by atoms with van der Waals surface area (Å²) in [5, 5.41) is 7.49. The SMILES string of the molecule is CN=C(NCCc1cccc(C)c1)NCc1nc(C(F)(F)F)cs1. The van der Waals surface area contributed by atoms with Gasteiger partial charge in [-0.3, -0.25) is 4.99 Å². The van der Waals surface area contributed by atoms with E-state index in [2.05, 4.69) is 32.7 Å². The number of thiazole rings is 1. The Morgan fingerprint density at radius 2 is 2.08 bits per heavy atom. The molecule has 0 unspecified atom stereocenters. The fourth-order valence-electron chi connectivity index (χ4n) is 2.10. The Kier molecular flexibility index (Phi) is 6.19. The van der Waals surface area contributed by atoms with Gasteiger partial charge >= 0.3 is 6.18 Å². The van der Waals surface area contributed by atoms with E-state index in [1.807, 2.05) is 19.1 Å². The van der Waals surface area contributed by atoms with Crippen molar-refractivity contribution in [2.75, 3.05) is 13.6 Å². The van der Waals surface area contributed by atoms with E-state index >= 15 is 0 Å². The van der Waals surface area contributed by atoms with E-state index in [-0.39, 0.29) is 6.54 Å². The Bertz CT molecular complexity index is 695. The highest BCUT2D eigenvalue weighted by Crippen LogP contribution is 2.29. The first-order valence-corrected chi connectivity index (χ1v) is 8.28. The zero-order chi connectivity index (χ0) is 17.6. The van der Waals surface area contributed by atoms with Crippen LogP contribution in [0.25, 0.3) is 0 Å². The molecule has 0 aliphatic rings. The van der Waals surface area contributed by atoms with Crippen molar-refractivity contribution in [2.45, 2.75) is 26.1 Å². The summed E-state index contributed by atoms with van der Waals surface area (Å²) in [6.45, 7) is 2.92. The predicted octanol–water partition coefficient (Wildman–Crippen LogP) is 3.38. The second kappa shape index (κ2) is 8.14. The fraction of sp³-hybridized carbons (Fsp3) is 0.375. The number of rotatable bonds is 5. The van der Waals surface area contributed by atoms with Crippen LogP contribution in [0.2, 0.25) is 0 Å². The predicted molar refractivity (Wildman–Crippen MR) is 90.2 cm³/mol. The standard InChI is InChI=1S/C16H19F3N4S/c1-11-4-3-5-12(8-11)6-7-21-15(20-2)22-9-14-23-13(10-24-14)16(17,18)19/h3-5,8,10H,6-7,9H2,1-2H3,(H2,20,21,22). The third kappa shape index (κ3) is 5.52. The summed E-state index contributed by atoms with van der Waals surface area (Å²) in [6, 6.07) is 8.23. The monoisotopic (exact) mass is 356 g/mol. The Morgan fingerprint density at radius 1 is 1.29 bits per heavy atom. The van der Waals surface area contributed by atoms with Crippen LogP contribution in [0.4, 0.5) is 13.2 Å². The summed E-state index contributed by atoms with van der Waals surface area (Å²) in [5.41, 5.74) is 1.57. The molecule has 1 heterocycles. The first-order valence-electron chi connectivity index (χ1n) is 7.40. The van der Waals surface area contributed by atoms with Crippen molar-refractivity contribution < 1.29 is 13.2 Å². The largest absolute Gasteiger partial charge is 0.434 e. The maximum absolute atomic E-state index is 12.5. The van der Waals surface area contributed by atoms with Gasteiger partial charge in [0.1, 0.15) is 5.01 Å². The zero-order valence-electron chi connectivity index (χ0n) is 13.4. The van der Waals surface area contributed by atoms with Gasteiger partial charge in [0.05, 0.1) is 6.54 Å². The molecule has 24 heavy (non-hydrogen) atoms. The van der Waals surface area contributed by atoms with E-state index in [1.165, 1.54) is 11.1 Å². The molecule has 130 valence electrons. The molecule has 2 rings (SSSR count). The Hall–Kier alpha value is -2.09. The molecule has 2 aromatic rings. The van der Waals surface area contributed by atoms with E-state index in [1.54, 1.807) is 7.05 Å². The average Bonchev–Trinajstić information content (AvgIpc) is 3.00. The maximum Gasteiger partial charge on any atom is 0.434 e. The number of aliphatic imine (C=N–C) groups is 1. The minimum absolute atomic E-state index is 0.199. The van der Waals surface area contributed by atoms with Crippen molar-refractivity contribution in [3.63, 3.8) is 0 Å². The lowest BCUT2D eigenvalue weighted by Crippen LogP contribution is -2.37. The van der Waals surface area contributed by atoms with Crippen molar-refractivity contribution in [1.82, 2.24) is 15.6 Å². The Labute approximate surface area is 142 Å². The topological polar surface area (TPSA) is 49.3 Å². The molecule has 0 saturated carbocycles. The van der Waals surface area contributed by atoms with Crippen molar-refractivity contribution >= 4 is 17.3 Å². The van der Waals surface area contributed by atoms with Crippen LogP contribution in [0.5, 0.6) is 0 Å². The number of nitrogens with zero attached hydrogens (tertiary/aromatic N) is 2. The van der Waals surface area contributed by atoms with Crippen molar-refractivity contribution in [1.29, 1.82) is 0 Å². The second-order valence-electron chi connectivity index (χ2n) is 5.22. The Balaban J connectivity index is 1.79. The van der Waals surface area contributed by atoms with Crippen LogP contribution in [-0.4, -0.2) is 24.5 Å². The summed E-state index contributed by atoms with van der Waals surface area (Å²) < 4.78 is 37.5. The number of guanidine groups is 1. The highest BCUT2D eigenvalue weighted by Gasteiger charge is 2.33. The molecular formula is C16H19F3N4S. The van der Waals surface area contributed by atoms with Gasteiger partial charge in [0.15, 0.2) is 11.7 Å². The lowest BCUT2D eigenvalue weighted by atomic mass is 10.1. The van der Waals surface area contributed by atoms with Crippen LogP contribution in [0.1, 0.15) is 21.8 Å². The summed E-state index contributed by atoms with van der Waals surface area (Å²) >= 11 is 0.975. The lowest BCUT2D eigenvalue weighted by Gasteiger charge is -2.11. The normalized spacial score (nSPS) is 12.3. The highest BCUT2D eigenvalue weighted by molar-refractivity contribution is 7.09. The number of nitrogens with one attached hydrogen (secondary N) is 2. The molecule has 0 fully saturated rings. The van der Waals surface area contributed by atoms with Crippen molar-refractivity contribution in [3.8, 4) is 0 Å². The molecule has 0 saturated heterocycles. The fourth-order valence-corrected chi connectivity index (χ4v) is 2.84. The van der Waals surface area contributed by atoms with Gasteiger partial charge in [0.2, 0.25) is 0 Å². The number of aryl methyl sites for hydroxylation is 1. The number of hydrogen-bond acceptors (Lipinski definition) is 3. The van der Waals surface area contributed by atoms with Gasteiger partial charge in [-0.1, -0.05) is 29.8 Å². The van der Waals surface area contributed by atoms with Gasteiger partial charge in [-0.15, -0.1) is 11.3 Å². The molecule has 0 radical (unpaired) electrons. The van der Waals surface area contributed by atoms with Crippen LogP contribution < -0.4 is 10.6 Å². The molecule has 2 N–H and O–H groups in total. The molecule has 0 bridgehead atoms. The molecule has 1 aromatic heterocycles. The van der Waals surface area contributed by atoms with E-state index in [0.29, 0.717) is 17.5 Å². The number of benzene rings is 1. The molecule has 0 atom stereocenters. The molecule has 1 aromatic carbocycles. The summed E-state index contributed by atoms with van der Waals surface area (Å²) in [4.78, 5) is 7.63. The summed E-state index contributed by atoms with van der Waals surface area (Å²) in [6.07, 6.45) is -3.57. The minimum atomic E-state index is -4.40. The third-order valence-electron chi connectivity index (χ3n) is 3.26. The van der Waals surface area contributed by atoms with E-state index in [9.17, 15) is 13.2 Å². The van der Waals surface area contributed by atoms with Gasteiger partial charge in [-0.05, 0) is 18.9 Å². The van der Waals surface area contributed by atoms with Crippen LogP contribution in [0.3, 0.4) is 0 Å². The molecule has 0 amide bonds. The molecule has 8 heteroatoms. The van der Waals surface area contributed by atoms with Crippen LogP contribution in [-0.2, 0) is 19.1 Å². The minimum Gasteiger partial charge on any atom is -0.356 e. The van der Waals surface area contributed by atoms with Gasteiger partial charge in [-0.25, -0.2) is 4.98 Å². The molecule has 4 nitrogen and oxygen atoms in total. The average molecular weight is 356 g/mol. The third-order valence-corrected chi connectivity index (χ3v) is 4.11. The quantitative estimate of drug-likeness (QED) is 0.638. The first kappa shape index (κ1) is 18.3. The van der Waals surface area contributed by atoms with Gasteiger partial charge in [0.25, 0.3) is 0 Å². The molecule has 0 aliphatic heterocycles. The first-order chi connectivity index (χ1) is 11.4. The number of halogens is 3. The van der Waals surface area contributed by atoms with Crippen molar-refractivity contribution in [2.24, 2.45) is 4.99 Å². The van der Waals surface area contributed by atoms with E-state index in [0.717, 1.165) is 23.1 Å². The number of aromatic nitrogens is 1. The second-order valence-corrected chi connectivity index (χ2v) is 6.16. The Morgan fingerprint density at radius 3 is 2.71 bits per heavy atom. The van der Waals surface area contributed by atoms with Gasteiger partial charge in [-0.2, -0.15) is 13.2 Å². The number of alkyl halides is 3. The zero-order valence-corrected chi connectivity index (χ0v) is 14.3. The number of hydrogen-bond donors (Lipinski definition) is 2. The summed E-state index contributed by atoms with van der Waals surface area (Å²) in [5.74, 6) is 0.534. The van der Waals surface area contributed by atoms with Crippen molar-refractivity contribution in [3.05, 3.63) is 51.5 Å². The van der Waals surface area contributed by atoms with Crippen LogP contribution in [0, 0.1) is 6.92 Å². The molecular weight excluding hydrogens is 337 g/mol. The van der Waals surface area contributed by atoms with Gasteiger partial charge in [0, 0.05) is 19.0 Å².